The second-order valence-electron chi connectivity index (χ2n) is 4.25. The Morgan fingerprint density at radius 2 is 1.82 bits per heavy atom. The van der Waals surface area contributed by atoms with Gasteiger partial charge in [0.05, 0.1) is 4.88 Å². The molecule has 1 heterocycles. The summed E-state index contributed by atoms with van der Waals surface area (Å²) in [5.41, 5.74) is 3.13. The summed E-state index contributed by atoms with van der Waals surface area (Å²) in [6, 6.07) is 9.98. The first kappa shape index (κ1) is 12.1. The second kappa shape index (κ2) is 4.84. The molecule has 0 amide bonds. The predicted octanol–water partition coefficient (Wildman–Crippen LogP) is 4.16. The maximum absolute atomic E-state index is 12.3. The zero-order valence-electron chi connectivity index (χ0n) is 10.4. The average Bonchev–Trinajstić information content (AvgIpc) is 2.68. The van der Waals surface area contributed by atoms with E-state index < -0.39 is 0 Å². The van der Waals surface area contributed by atoms with Crippen LogP contribution in [0.25, 0.3) is 0 Å². The van der Waals surface area contributed by atoms with Gasteiger partial charge in [0.25, 0.3) is 0 Å². The fourth-order valence-corrected chi connectivity index (χ4v) is 2.88. The Morgan fingerprint density at radius 1 is 1.18 bits per heavy atom. The third kappa shape index (κ3) is 2.47. The van der Waals surface area contributed by atoms with Crippen molar-refractivity contribution in [1.29, 1.82) is 0 Å². The van der Waals surface area contributed by atoms with Crippen LogP contribution in [0.15, 0.2) is 30.3 Å². The van der Waals surface area contributed by atoms with Crippen molar-refractivity contribution in [3.05, 3.63) is 56.8 Å². The van der Waals surface area contributed by atoms with Gasteiger partial charge in [0.1, 0.15) is 0 Å². The zero-order chi connectivity index (χ0) is 12.4. The molecule has 0 spiro atoms. The molecule has 2 heteroatoms. The van der Waals surface area contributed by atoms with Crippen LogP contribution in [-0.2, 0) is 6.42 Å². The Bertz CT molecular complexity index is 535. The lowest BCUT2D eigenvalue weighted by molar-refractivity contribution is 0.104. The molecule has 2 aromatic rings. The number of rotatable bonds is 3. The maximum atomic E-state index is 12.3. The van der Waals surface area contributed by atoms with Gasteiger partial charge < -0.3 is 0 Å². The lowest BCUT2D eigenvalue weighted by Gasteiger charge is -2.01. The highest BCUT2D eigenvalue weighted by Gasteiger charge is 2.14. The van der Waals surface area contributed by atoms with E-state index in [1.54, 1.807) is 11.3 Å². The molecule has 0 radical (unpaired) electrons. The first-order valence-corrected chi connectivity index (χ1v) is 6.64. The van der Waals surface area contributed by atoms with Crippen LogP contribution in [0.4, 0.5) is 0 Å². The number of benzene rings is 1. The van der Waals surface area contributed by atoms with Crippen LogP contribution < -0.4 is 0 Å². The van der Waals surface area contributed by atoms with Crippen LogP contribution in [-0.4, -0.2) is 5.78 Å². The van der Waals surface area contributed by atoms with E-state index in [0.717, 1.165) is 22.4 Å². The van der Waals surface area contributed by atoms with Crippen LogP contribution in [0, 0.1) is 13.8 Å². The van der Waals surface area contributed by atoms with Gasteiger partial charge in [0, 0.05) is 10.4 Å². The Kier molecular flexibility index (Phi) is 3.43. The molecule has 0 unspecified atom stereocenters. The molecule has 0 atom stereocenters. The third-order valence-corrected chi connectivity index (χ3v) is 4.02. The van der Waals surface area contributed by atoms with Crippen molar-refractivity contribution in [3.63, 3.8) is 0 Å². The highest BCUT2D eigenvalue weighted by atomic mass is 32.1. The number of ketones is 1. The summed E-state index contributed by atoms with van der Waals surface area (Å²) < 4.78 is 0. The summed E-state index contributed by atoms with van der Waals surface area (Å²) in [6.45, 7) is 6.15. The smallest absolute Gasteiger partial charge is 0.203 e. The Balaban J connectivity index is 2.33. The van der Waals surface area contributed by atoms with Gasteiger partial charge in [-0.3, -0.25) is 4.79 Å². The van der Waals surface area contributed by atoms with Gasteiger partial charge >= 0.3 is 0 Å². The van der Waals surface area contributed by atoms with Crippen LogP contribution in [0.3, 0.4) is 0 Å². The molecular formula is C15H16OS. The number of aryl methyl sites for hydroxylation is 3. The number of hydrogen-bond donors (Lipinski definition) is 0. The normalized spacial score (nSPS) is 10.5. The van der Waals surface area contributed by atoms with Crippen molar-refractivity contribution >= 4 is 17.1 Å². The molecule has 0 fully saturated rings. The van der Waals surface area contributed by atoms with Gasteiger partial charge in [0.15, 0.2) is 0 Å². The molecule has 2 rings (SSSR count). The molecule has 0 saturated carbocycles. The number of carbonyl (C=O) groups is 1. The number of hydrogen-bond acceptors (Lipinski definition) is 2. The fraction of sp³-hybridized carbons (Fsp3) is 0.267. The van der Waals surface area contributed by atoms with Crippen molar-refractivity contribution in [2.75, 3.05) is 0 Å². The summed E-state index contributed by atoms with van der Waals surface area (Å²) >= 11 is 1.58. The van der Waals surface area contributed by atoms with E-state index in [1.165, 1.54) is 10.4 Å². The minimum atomic E-state index is 0.142. The molecule has 0 aliphatic heterocycles. The molecule has 1 nitrogen and oxygen atoms in total. The molecule has 0 saturated heterocycles. The summed E-state index contributed by atoms with van der Waals surface area (Å²) in [5, 5.41) is 0. The molecular weight excluding hydrogens is 228 g/mol. The average molecular weight is 244 g/mol. The van der Waals surface area contributed by atoms with Gasteiger partial charge in [-0.1, -0.05) is 31.2 Å². The molecule has 0 aliphatic carbocycles. The summed E-state index contributed by atoms with van der Waals surface area (Å²) in [7, 11) is 0. The third-order valence-electron chi connectivity index (χ3n) is 2.87. The van der Waals surface area contributed by atoms with Crippen LogP contribution in [0.5, 0.6) is 0 Å². The predicted molar refractivity (Wildman–Crippen MR) is 73.0 cm³/mol. The Labute approximate surface area is 106 Å². The molecule has 88 valence electrons. The lowest BCUT2D eigenvalue weighted by Crippen LogP contribution is -2.00. The van der Waals surface area contributed by atoms with Crippen molar-refractivity contribution in [1.82, 2.24) is 0 Å². The van der Waals surface area contributed by atoms with E-state index in [0.29, 0.717) is 0 Å². The van der Waals surface area contributed by atoms with E-state index in [1.807, 2.05) is 38.1 Å². The van der Waals surface area contributed by atoms with E-state index in [-0.39, 0.29) is 5.78 Å². The second-order valence-corrected chi connectivity index (χ2v) is 5.51. The van der Waals surface area contributed by atoms with Gasteiger partial charge in [0.2, 0.25) is 5.78 Å². The van der Waals surface area contributed by atoms with E-state index in [9.17, 15) is 4.79 Å². The van der Waals surface area contributed by atoms with E-state index in [2.05, 4.69) is 13.0 Å². The van der Waals surface area contributed by atoms with Crippen molar-refractivity contribution in [2.24, 2.45) is 0 Å². The minimum absolute atomic E-state index is 0.142. The Morgan fingerprint density at radius 3 is 2.29 bits per heavy atom. The molecule has 0 N–H and O–H groups in total. The van der Waals surface area contributed by atoms with Crippen LogP contribution in [0.1, 0.15) is 38.2 Å². The van der Waals surface area contributed by atoms with Gasteiger partial charge in [-0.2, -0.15) is 0 Å². The summed E-state index contributed by atoms with van der Waals surface area (Å²) in [6.07, 6.45) is 1.01. The molecule has 1 aromatic carbocycles. The maximum Gasteiger partial charge on any atom is 0.203 e. The number of carbonyl (C=O) groups excluding carboxylic acids is 1. The number of thiophene rings is 1. The van der Waals surface area contributed by atoms with E-state index >= 15 is 0 Å². The van der Waals surface area contributed by atoms with Gasteiger partial charge in [-0.05, 0) is 37.5 Å². The highest BCUT2D eigenvalue weighted by Crippen LogP contribution is 2.24. The molecule has 1 aromatic heterocycles. The van der Waals surface area contributed by atoms with Crippen LogP contribution in [0.2, 0.25) is 0 Å². The van der Waals surface area contributed by atoms with E-state index in [4.69, 9.17) is 0 Å². The highest BCUT2D eigenvalue weighted by molar-refractivity contribution is 7.14. The lowest BCUT2D eigenvalue weighted by atomic mass is 10.0. The molecule has 0 bridgehead atoms. The Hall–Kier alpha value is -1.41. The quantitative estimate of drug-likeness (QED) is 0.741. The largest absolute Gasteiger partial charge is 0.288 e. The van der Waals surface area contributed by atoms with Crippen molar-refractivity contribution in [2.45, 2.75) is 27.2 Å². The first-order chi connectivity index (χ1) is 8.11. The first-order valence-electron chi connectivity index (χ1n) is 5.82. The van der Waals surface area contributed by atoms with Gasteiger partial charge in [-0.25, -0.2) is 0 Å². The molecule has 0 aliphatic rings. The summed E-state index contributed by atoms with van der Waals surface area (Å²) in [4.78, 5) is 14.3. The topological polar surface area (TPSA) is 17.1 Å². The fourth-order valence-electron chi connectivity index (χ4n) is 1.89. The van der Waals surface area contributed by atoms with Crippen molar-refractivity contribution < 1.29 is 4.79 Å². The van der Waals surface area contributed by atoms with Gasteiger partial charge in [-0.15, -0.1) is 11.3 Å². The SMILES string of the molecule is CCc1ccc(C(=O)c2sc(C)cc2C)cc1. The van der Waals surface area contributed by atoms with Crippen LogP contribution >= 0.6 is 11.3 Å². The zero-order valence-corrected chi connectivity index (χ0v) is 11.2. The standard InChI is InChI=1S/C15H16OS/c1-4-12-5-7-13(8-6-12)14(16)15-10(2)9-11(3)17-15/h5-9H,4H2,1-3H3. The molecule has 17 heavy (non-hydrogen) atoms. The summed E-state index contributed by atoms with van der Waals surface area (Å²) in [5.74, 6) is 0.142. The minimum Gasteiger partial charge on any atom is -0.288 e. The van der Waals surface area contributed by atoms with Crippen molar-refractivity contribution in [3.8, 4) is 0 Å². The monoisotopic (exact) mass is 244 g/mol.